The fourth-order valence-electron chi connectivity index (χ4n) is 2.46. The van der Waals surface area contributed by atoms with Gasteiger partial charge in [0.25, 0.3) is 5.91 Å². The van der Waals surface area contributed by atoms with Crippen LogP contribution in [0.15, 0.2) is 53.6 Å². The molecule has 2 aromatic rings. The Kier molecular flexibility index (Phi) is 4.67. The van der Waals surface area contributed by atoms with Crippen LogP contribution in [0.25, 0.3) is 0 Å². The fraction of sp³-hybridized carbons (Fsp3) is 0.118. The van der Waals surface area contributed by atoms with Crippen LogP contribution in [0.4, 0.5) is 15.8 Å². The third-order valence-corrected chi connectivity index (χ3v) is 4.04. The summed E-state index contributed by atoms with van der Waals surface area (Å²) in [5.74, 6) is -1.53. The van der Waals surface area contributed by atoms with Crippen molar-refractivity contribution >= 4 is 40.5 Å². The van der Waals surface area contributed by atoms with Crippen molar-refractivity contribution in [1.29, 1.82) is 0 Å². The maximum absolute atomic E-state index is 13.1. The molecule has 0 saturated carbocycles. The maximum atomic E-state index is 13.1. The molecule has 128 valence electrons. The standard InChI is InChI=1S/C17H14ClFN4O2/c18-12-3-1-2-4-13(12)21-17(25)14-9-15(16(20)24)23(22-14)11-7-5-10(19)6-8-11/h1-8,15H,9H2,(H2,20,24)(H,21,25). The van der Waals surface area contributed by atoms with E-state index in [2.05, 4.69) is 10.4 Å². The normalized spacial score (nSPS) is 16.5. The molecule has 0 bridgehead atoms. The summed E-state index contributed by atoms with van der Waals surface area (Å²) in [6.07, 6.45) is 0.0446. The van der Waals surface area contributed by atoms with E-state index in [0.717, 1.165) is 0 Å². The van der Waals surface area contributed by atoms with Crippen LogP contribution in [0, 0.1) is 5.82 Å². The van der Waals surface area contributed by atoms with Gasteiger partial charge in [0.05, 0.1) is 16.4 Å². The molecule has 0 fully saturated rings. The quantitative estimate of drug-likeness (QED) is 0.878. The number of amides is 2. The summed E-state index contributed by atoms with van der Waals surface area (Å²) in [6, 6.07) is 11.4. The van der Waals surface area contributed by atoms with Crippen molar-refractivity contribution in [3.63, 3.8) is 0 Å². The predicted octanol–water partition coefficient (Wildman–Crippen LogP) is 2.54. The molecule has 1 atom stereocenters. The molecule has 25 heavy (non-hydrogen) atoms. The molecule has 0 aromatic heterocycles. The first-order valence-corrected chi connectivity index (χ1v) is 7.81. The zero-order valence-electron chi connectivity index (χ0n) is 12.9. The lowest BCUT2D eigenvalue weighted by molar-refractivity contribution is -0.119. The second-order valence-electron chi connectivity index (χ2n) is 5.42. The van der Waals surface area contributed by atoms with Crippen molar-refractivity contribution in [3.05, 3.63) is 59.4 Å². The molecule has 0 saturated heterocycles. The highest BCUT2D eigenvalue weighted by Gasteiger charge is 2.35. The van der Waals surface area contributed by atoms with Crippen molar-refractivity contribution in [2.75, 3.05) is 10.3 Å². The third-order valence-electron chi connectivity index (χ3n) is 3.71. The summed E-state index contributed by atoms with van der Waals surface area (Å²) in [4.78, 5) is 24.1. The Morgan fingerprint density at radius 1 is 1.20 bits per heavy atom. The number of benzene rings is 2. The summed E-state index contributed by atoms with van der Waals surface area (Å²) in [5.41, 5.74) is 6.45. The number of rotatable bonds is 4. The van der Waals surface area contributed by atoms with E-state index in [1.807, 2.05) is 0 Å². The number of hydrogen-bond acceptors (Lipinski definition) is 4. The Bertz CT molecular complexity index is 854. The van der Waals surface area contributed by atoms with Crippen LogP contribution in [0.2, 0.25) is 5.02 Å². The number of halogens is 2. The first-order valence-electron chi connectivity index (χ1n) is 7.43. The van der Waals surface area contributed by atoms with Crippen LogP contribution in [-0.2, 0) is 9.59 Å². The Morgan fingerprint density at radius 3 is 2.52 bits per heavy atom. The van der Waals surface area contributed by atoms with Crippen LogP contribution >= 0.6 is 11.6 Å². The van der Waals surface area contributed by atoms with Gasteiger partial charge < -0.3 is 11.1 Å². The Balaban J connectivity index is 1.85. The van der Waals surface area contributed by atoms with Gasteiger partial charge in [-0.25, -0.2) is 4.39 Å². The molecule has 6 nitrogen and oxygen atoms in total. The number of nitrogens with one attached hydrogen (secondary N) is 1. The van der Waals surface area contributed by atoms with Crippen LogP contribution in [0.1, 0.15) is 6.42 Å². The number of hydrogen-bond donors (Lipinski definition) is 2. The molecule has 0 aliphatic carbocycles. The highest BCUT2D eigenvalue weighted by molar-refractivity contribution is 6.45. The van der Waals surface area contributed by atoms with Gasteiger partial charge in [0.1, 0.15) is 17.6 Å². The number of primary amides is 1. The van der Waals surface area contributed by atoms with E-state index >= 15 is 0 Å². The van der Waals surface area contributed by atoms with E-state index in [9.17, 15) is 14.0 Å². The number of anilines is 2. The smallest absolute Gasteiger partial charge is 0.272 e. The molecular formula is C17H14ClFN4O2. The molecule has 1 unspecified atom stereocenters. The van der Waals surface area contributed by atoms with Gasteiger partial charge in [-0.2, -0.15) is 5.10 Å². The van der Waals surface area contributed by atoms with E-state index in [1.165, 1.54) is 29.3 Å². The van der Waals surface area contributed by atoms with Crippen molar-refractivity contribution in [2.24, 2.45) is 10.8 Å². The van der Waals surface area contributed by atoms with Gasteiger partial charge in [-0.15, -0.1) is 0 Å². The molecule has 3 rings (SSSR count). The minimum absolute atomic E-state index is 0.0446. The van der Waals surface area contributed by atoms with Crippen LogP contribution in [-0.4, -0.2) is 23.6 Å². The minimum atomic E-state index is -0.822. The van der Waals surface area contributed by atoms with Gasteiger partial charge in [-0.05, 0) is 36.4 Å². The number of hydrazone groups is 1. The third kappa shape index (κ3) is 3.61. The molecule has 2 amide bonds. The van der Waals surface area contributed by atoms with E-state index in [1.54, 1.807) is 24.3 Å². The van der Waals surface area contributed by atoms with Crippen molar-refractivity contribution in [1.82, 2.24) is 0 Å². The number of para-hydroxylation sites is 1. The molecule has 2 aromatic carbocycles. The SMILES string of the molecule is NC(=O)C1CC(C(=O)Nc2ccccc2Cl)=NN1c1ccc(F)cc1. The largest absolute Gasteiger partial charge is 0.368 e. The average molecular weight is 361 g/mol. The van der Waals surface area contributed by atoms with E-state index < -0.39 is 23.7 Å². The van der Waals surface area contributed by atoms with E-state index in [4.69, 9.17) is 17.3 Å². The van der Waals surface area contributed by atoms with Gasteiger partial charge in [-0.3, -0.25) is 14.6 Å². The Hall–Kier alpha value is -2.93. The molecule has 3 N–H and O–H groups in total. The molecular weight excluding hydrogens is 347 g/mol. The number of nitrogens with two attached hydrogens (primary N) is 1. The molecule has 0 spiro atoms. The average Bonchev–Trinajstić information content (AvgIpc) is 3.03. The van der Waals surface area contributed by atoms with Gasteiger partial charge in [-0.1, -0.05) is 23.7 Å². The van der Waals surface area contributed by atoms with Crippen molar-refractivity contribution < 1.29 is 14.0 Å². The summed E-state index contributed by atoms with van der Waals surface area (Å²) in [6.45, 7) is 0. The summed E-state index contributed by atoms with van der Waals surface area (Å²) >= 11 is 6.02. The van der Waals surface area contributed by atoms with Crippen LogP contribution < -0.4 is 16.1 Å². The zero-order valence-corrected chi connectivity index (χ0v) is 13.7. The predicted molar refractivity (Wildman–Crippen MR) is 94.0 cm³/mol. The minimum Gasteiger partial charge on any atom is -0.368 e. The first kappa shape index (κ1) is 16.9. The van der Waals surface area contributed by atoms with Crippen LogP contribution in [0.3, 0.4) is 0 Å². The molecule has 1 heterocycles. The van der Waals surface area contributed by atoms with Gasteiger partial charge in [0.2, 0.25) is 5.91 Å². The lowest BCUT2D eigenvalue weighted by atomic mass is 10.1. The second kappa shape index (κ2) is 6.90. The van der Waals surface area contributed by atoms with E-state index in [0.29, 0.717) is 16.4 Å². The highest BCUT2D eigenvalue weighted by Crippen LogP contribution is 2.26. The zero-order chi connectivity index (χ0) is 18.0. The van der Waals surface area contributed by atoms with Gasteiger partial charge in [0, 0.05) is 6.42 Å². The Labute approximate surface area is 148 Å². The number of nitrogens with zero attached hydrogens (tertiary/aromatic N) is 2. The number of carbonyl (C=O) groups excluding carboxylic acids is 2. The molecule has 1 aliphatic rings. The van der Waals surface area contributed by atoms with Crippen molar-refractivity contribution in [2.45, 2.75) is 12.5 Å². The second-order valence-corrected chi connectivity index (χ2v) is 5.83. The highest BCUT2D eigenvalue weighted by atomic mass is 35.5. The molecule has 0 radical (unpaired) electrons. The molecule has 1 aliphatic heterocycles. The lowest BCUT2D eigenvalue weighted by Gasteiger charge is -2.20. The monoisotopic (exact) mass is 360 g/mol. The van der Waals surface area contributed by atoms with Crippen molar-refractivity contribution in [3.8, 4) is 0 Å². The maximum Gasteiger partial charge on any atom is 0.272 e. The molecule has 8 heteroatoms. The lowest BCUT2D eigenvalue weighted by Crippen LogP contribution is -2.39. The topological polar surface area (TPSA) is 87.8 Å². The fourth-order valence-corrected chi connectivity index (χ4v) is 2.64. The Morgan fingerprint density at radius 2 is 1.88 bits per heavy atom. The summed E-state index contributed by atoms with van der Waals surface area (Å²) in [7, 11) is 0. The van der Waals surface area contributed by atoms with Crippen LogP contribution in [0.5, 0.6) is 0 Å². The van der Waals surface area contributed by atoms with Gasteiger partial charge in [0.15, 0.2) is 0 Å². The summed E-state index contributed by atoms with van der Waals surface area (Å²) < 4.78 is 13.1. The van der Waals surface area contributed by atoms with E-state index in [-0.39, 0.29) is 12.1 Å². The number of carbonyl (C=O) groups is 2. The first-order chi connectivity index (χ1) is 12.0. The van der Waals surface area contributed by atoms with Gasteiger partial charge >= 0.3 is 0 Å². The summed E-state index contributed by atoms with van der Waals surface area (Å²) in [5, 5.41) is 8.55.